The van der Waals surface area contributed by atoms with Crippen LogP contribution in [0.25, 0.3) is 0 Å². The van der Waals surface area contributed by atoms with Crippen LogP contribution < -0.4 is 11.1 Å². The van der Waals surface area contributed by atoms with Crippen molar-refractivity contribution in [2.24, 2.45) is 5.73 Å². The lowest BCUT2D eigenvalue weighted by atomic mass is 10.1. The molecule has 1 aromatic carbocycles. The monoisotopic (exact) mass is 361 g/mol. The molecule has 2 aromatic rings. The number of benzene rings is 1. The summed E-state index contributed by atoms with van der Waals surface area (Å²) in [6.45, 7) is 4.76. The van der Waals surface area contributed by atoms with Crippen molar-refractivity contribution in [3.63, 3.8) is 0 Å². The van der Waals surface area contributed by atoms with Crippen molar-refractivity contribution in [2.45, 2.75) is 51.9 Å². The largest absolute Gasteiger partial charge is 0.350 e. The molecule has 0 spiro atoms. The third kappa shape index (κ3) is 4.53. The van der Waals surface area contributed by atoms with Gasteiger partial charge in [0.2, 0.25) is 5.95 Å². The van der Waals surface area contributed by atoms with Crippen LogP contribution in [-0.2, 0) is 19.6 Å². The molecule has 26 heavy (non-hydrogen) atoms. The van der Waals surface area contributed by atoms with Gasteiger partial charge in [-0.1, -0.05) is 13.3 Å². The number of rotatable bonds is 8. The lowest BCUT2D eigenvalue weighted by molar-refractivity contribution is 0.178. The number of anilines is 1. The lowest BCUT2D eigenvalue weighted by Crippen LogP contribution is -2.32. The standard InChI is InChI=1S/C19H25F2N5/c1-2-3-17(4-5-22)26-11-14-10-24-19(25-18(14)12-26)23-9-13-6-15(20)8-16(21)7-13/h6-8,10,17H,2-5,9,11-12,22H2,1H3,(H,23,24,25). The van der Waals surface area contributed by atoms with E-state index in [2.05, 4.69) is 27.1 Å². The molecular weight excluding hydrogens is 336 g/mol. The SMILES string of the molecule is CCCC(CCN)N1Cc2cnc(NCc3cc(F)cc(F)c3)nc2C1. The average Bonchev–Trinajstić information content (AvgIpc) is 3.02. The van der Waals surface area contributed by atoms with Crippen LogP contribution in [0, 0.1) is 11.6 Å². The molecule has 3 N–H and O–H groups in total. The molecule has 1 aromatic heterocycles. The van der Waals surface area contributed by atoms with Gasteiger partial charge in [-0.3, -0.25) is 4.90 Å². The zero-order valence-corrected chi connectivity index (χ0v) is 15.0. The summed E-state index contributed by atoms with van der Waals surface area (Å²) >= 11 is 0. The van der Waals surface area contributed by atoms with Gasteiger partial charge in [0.05, 0.1) is 5.69 Å². The topological polar surface area (TPSA) is 67.1 Å². The highest BCUT2D eigenvalue weighted by Crippen LogP contribution is 2.26. The first-order valence-corrected chi connectivity index (χ1v) is 9.06. The summed E-state index contributed by atoms with van der Waals surface area (Å²) in [5.74, 6) is -0.704. The molecule has 1 aliphatic rings. The second-order valence-corrected chi connectivity index (χ2v) is 6.72. The van der Waals surface area contributed by atoms with Gasteiger partial charge >= 0.3 is 0 Å². The fraction of sp³-hybridized carbons (Fsp3) is 0.474. The second-order valence-electron chi connectivity index (χ2n) is 6.72. The summed E-state index contributed by atoms with van der Waals surface area (Å²) in [7, 11) is 0. The van der Waals surface area contributed by atoms with Gasteiger partial charge in [0.25, 0.3) is 0 Å². The molecule has 140 valence electrons. The molecule has 0 radical (unpaired) electrons. The first kappa shape index (κ1) is 18.7. The first-order chi connectivity index (χ1) is 12.6. The number of nitrogens with one attached hydrogen (secondary N) is 1. The molecular formula is C19H25F2N5. The highest BCUT2D eigenvalue weighted by atomic mass is 19.1. The third-order valence-corrected chi connectivity index (χ3v) is 4.69. The van der Waals surface area contributed by atoms with Crippen molar-refractivity contribution in [1.82, 2.24) is 14.9 Å². The molecule has 5 nitrogen and oxygen atoms in total. The normalized spacial score (nSPS) is 15.1. The van der Waals surface area contributed by atoms with Crippen LogP contribution >= 0.6 is 0 Å². The van der Waals surface area contributed by atoms with Crippen molar-refractivity contribution in [3.8, 4) is 0 Å². The number of hydrogen-bond acceptors (Lipinski definition) is 5. The van der Waals surface area contributed by atoms with E-state index in [0.29, 0.717) is 24.1 Å². The maximum absolute atomic E-state index is 13.3. The Kier molecular flexibility index (Phi) is 6.11. The number of hydrogen-bond donors (Lipinski definition) is 2. The van der Waals surface area contributed by atoms with Crippen LogP contribution in [0.2, 0.25) is 0 Å². The Morgan fingerprint density at radius 1 is 1.19 bits per heavy atom. The van der Waals surface area contributed by atoms with Crippen molar-refractivity contribution in [2.75, 3.05) is 11.9 Å². The predicted molar refractivity (Wildman–Crippen MR) is 97.3 cm³/mol. The van der Waals surface area contributed by atoms with Gasteiger partial charge in [-0.25, -0.2) is 18.7 Å². The molecule has 1 atom stereocenters. The molecule has 1 unspecified atom stereocenters. The third-order valence-electron chi connectivity index (χ3n) is 4.69. The van der Waals surface area contributed by atoms with Gasteiger partial charge in [-0.05, 0) is 37.1 Å². The van der Waals surface area contributed by atoms with E-state index in [1.807, 2.05) is 6.20 Å². The van der Waals surface area contributed by atoms with Crippen LogP contribution in [0.5, 0.6) is 0 Å². The molecule has 7 heteroatoms. The predicted octanol–water partition coefficient (Wildman–Crippen LogP) is 3.20. The molecule has 3 rings (SSSR count). The van der Waals surface area contributed by atoms with Crippen LogP contribution in [0.3, 0.4) is 0 Å². The summed E-state index contributed by atoms with van der Waals surface area (Å²) in [6.07, 6.45) is 5.06. The van der Waals surface area contributed by atoms with E-state index in [1.165, 1.54) is 12.1 Å². The van der Waals surface area contributed by atoms with Crippen molar-refractivity contribution < 1.29 is 8.78 Å². The lowest BCUT2D eigenvalue weighted by Gasteiger charge is -2.26. The first-order valence-electron chi connectivity index (χ1n) is 9.06. The maximum Gasteiger partial charge on any atom is 0.223 e. The van der Waals surface area contributed by atoms with Crippen molar-refractivity contribution >= 4 is 5.95 Å². The Balaban J connectivity index is 1.64. The highest BCUT2D eigenvalue weighted by Gasteiger charge is 2.26. The van der Waals surface area contributed by atoms with Gasteiger partial charge in [0.15, 0.2) is 0 Å². The van der Waals surface area contributed by atoms with Crippen molar-refractivity contribution in [3.05, 3.63) is 52.9 Å². The minimum atomic E-state index is -0.589. The number of nitrogens with two attached hydrogens (primary N) is 1. The van der Waals surface area contributed by atoms with E-state index in [1.54, 1.807) is 0 Å². The average molecular weight is 361 g/mol. The minimum absolute atomic E-state index is 0.267. The molecule has 0 saturated carbocycles. The fourth-order valence-corrected chi connectivity index (χ4v) is 3.45. The maximum atomic E-state index is 13.3. The highest BCUT2D eigenvalue weighted by molar-refractivity contribution is 5.33. The van der Waals surface area contributed by atoms with Crippen LogP contribution in [0.4, 0.5) is 14.7 Å². The van der Waals surface area contributed by atoms with E-state index < -0.39 is 11.6 Å². The van der Waals surface area contributed by atoms with E-state index in [-0.39, 0.29) is 6.54 Å². The quantitative estimate of drug-likeness (QED) is 0.756. The summed E-state index contributed by atoms with van der Waals surface area (Å²) in [5.41, 5.74) is 8.40. The summed E-state index contributed by atoms with van der Waals surface area (Å²) in [4.78, 5) is 11.3. The van der Waals surface area contributed by atoms with E-state index in [4.69, 9.17) is 5.73 Å². The molecule has 0 fully saturated rings. The molecule has 0 aliphatic carbocycles. The number of fused-ring (bicyclic) bond motifs is 1. The van der Waals surface area contributed by atoms with Gasteiger partial charge in [0, 0.05) is 43.5 Å². The molecule has 0 bridgehead atoms. The molecule has 2 heterocycles. The van der Waals surface area contributed by atoms with Gasteiger partial charge in [-0.15, -0.1) is 0 Å². The summed E-state index contributed by atoms with van der Waals surface area (Å²) < 4.78 is 26.5. The molecule has 0 amide bonds. The Morgan fingerprint density at radius 3 is 2.65 bits per heavy atom. The smallest absolute Gasteiger partial charge is 0.223 e. The fourth-order valence-electron chi connectivity index (χ4n) is 3.45. The Bertz CT molecular complexity index is 726. The number of halogens is 2. The minimum Gasteiger partial charge on any atom is -0.350 e. The van der Waals surface area contributed by atoms with Crippen LogP contribution in [-0.4, -0.2) is 27.5 Å². The van der Waals surface area contributed by atoms with E-state index in [0.717, 1.165) is 49.7 Å². The van der Waals surface area contributed by atoms with E-state index in [9.17, 15) is 8.78 Å². The Morgan fingerprint density at radius 2 is 1.96 bits per heavy atom. The van der Waals surface area contributed by atoms with Gasteiger partial charge < -0.3 is 11.1 Å². The number of nitrogens with zero attached hydrogens (tertiary/aromatic N) is 3. The number of aromatic nitrogens is 2. The Hall–Kier alpha value is -2.12. The second kappa shape index (κ2) is 8.51. The molecule has 0 saturated heterocycles. The Labute approximate surface area is 152 Å². The van der Waals surface area contributed by atoms with E-state index >= 15 is 0 Å². The van der Waals surface area contributed by atoms with Gasteiger partial charge in [-0.2, -0.15) is 0 Å². The molecule has 1 aliphatic heterocycles. The van der Waals surface area contributed by atoms with Crippen LogP contribution in [0.15, 0.2) is 24.4 Å². The van der Waals surface area contributed by atoms with Crippen molar-refractivity contribution in [1.29, 1.82) is 0 Å². The summed E-state index contributed by atoms with van der Waals surface area (Å²) in [5, 5.41) is 3.05. The van der Waals surface area contributed by atoms with Crippen LogP contribution in [0.1, 0.15) is 43.0 Å². The zero-order valence-electron chi connectivity index (χ0n) is 15.0. The van der Waals surface area contributed by atoms with Gasteiger partial charge in [0.1, 0.15) is 11.6 Å². The zero-order chi connectivity index (χ0) is 18.5. The summed E-state index contributed by atoms with van der Waals surface area (Å²) in [6, 6.07) is 3.92.